The van der Waals surface area contributed by atoms with E-state index in [0.29, 0.717) is 6.54 Å². The van der Waals surface area contributed by atoms with Crippen LogP contribution in [0.1, 0.15) is 47.5 Å². The summed E-state index contributed by atoms with van der Waals surface area (Å²) in [6, 6.07) is 10.3. The van der Waals surface area contributed by atoms with E-state index in [-0.39, 0.29) is 5.56 Å². The zero-order chi connectivity index (χ0) is 18.2. The molecular formula is C22H25N3OS. The molecule has 3 heterocycles. The van der Waals surface area contributed by atoms with E-state index in [1.54, 1.807) is 11.3 Å². The highest BCUT2D eigenvalue weighted by Gasteiger charge is 2.23. The van der Waals surface area contributed by atoms with Gasteiger partial charge in [0.05, 0.1) is 18.5 Å². The lowest BCUT2D eigenvalue weighted by atomic mass is 9.97. The molecule has 5 rings (SSSR count). The van der Waals surface area contributed by atoms with Crippen molar-refractivity contribution in [1.82, 2.24) is 14.5 Å². The summed E-state index contributed by atoms with van der Waals surface area (Å²) < 4.78 is 1.94. The van der Waals surface area contributed by atoms with Crippen molar-refractivity contribution in [3.8, 4) is 0 Å². The summed E-state index contributed by atoms with van der Waals surface area (Å²) in [5, 5.41) is 0.899. The predicted molar refractivity (Wildman–Crippen MR) is 111 cm³/mol. The minimum absolute atomic E-state index is 0.164. The van der Waals surface area contributed by atoms with Crippen LogP contribution in [-0.4, -0.2) is 27.5 Å². The quantitative estimate of drug-likeness (QED) is 0.688. The molecule has 0 saturated carbocycles. The van der Waals surface area contributed by atoms with Gasteiger partial charge in [0.2, 0.25) is 0 Å². The number of benzene rings is 1. The molecule has 0 radical (unpaired) electrons. The summed E-state index contributed by atoms with van der Waals surface area (Å²) in [6.07, 6.45) is 7.06. The van der Waals surface area contributed by atoms with Crippen LogP contribution < -0.4 is 5.56 Å². The molecule has 0 bridgehead atoms. The van der Waals surface area contributed by atoms with Crippen LogP contribution in [0, 0.1) is 0 Å². The van der Waals surface area contributed by atoms with Gasteiger partial charge >= 0.3 is 0 Å². The van der Waals surface area contributed by atoms with Crippen LogP contribution in [0.3, 0.4) is 0 Å². The smallest absolute Gasteiger partial charge is 0.262 e. The van der Waals surface area contributed by atoms with Gasteiger partial charge in [0.25, 0.3) is 5.56 Å². The fourth-order valence-corrected chi connectivity index (χ4v) is 5.74. The van der Waals surface area contributed by atoms with Gasteiger partial charge in [-0.3, -0.25) is 14.3 Å². The standard InChI is InChI=1S/C22H25N3OS/c26-22-20-17-10-4-5-11-18(17)27-21(20)23-19(15-24-12-6-7-13-24)25(22)14-16-8-2-1-3-9-16/h1-3,8-9H,4-7,10-15H2. The Hall–Kier alpha value is -1.98. The van der Waals surface area contributed by atoms with Crippen LogP contribution >= 0.6 is 11.3 Å². The third-order valence-corrected chi connectivity index (χ3v) is 7.09. The second-order valence-electron chi connectivity index (χ2n) is 7.78. The molecule has 1 aliphatic carbocycles. The predicted octanol–water partition coefficient (Wildman–Crippen LogP) is 3.98. The molecular weight excluding hydrogens is 354 g/mol. The molecule has 2 aromatic heterocycles. The first-order valence-electron chi connectivity index (χ1n) is 10.1. The summed E-state index contributed by atoms with van der Waals surface area (Å²) in [4.78, 5) is 23.4. The lowest BCUT2D eigenvalue weighted by molar-refractivity contribution is 0.315. The van der Waals surface area contributed by atoms with Gasteiger partial charge in [-0.1, -0.05) is 30.3 Å². The van der Waals surface area contributed by atoms with Crippen molar-refractivity contribution < 1.29 is 0 Å². The third kappa shape index (κ3) is 3.23. The highest BCUT2D eigenvalue weighted by molar-refractivity contribution is 7.18. The molecule has 0 N–H and O–H groups in total. The van der Waals surface area contributed by atoms with Crippen LogP contribution in [0.2, 0.25) is 0 Å². The maximum absolute atomic E-state index is 13.6. The monoisotopic (exact) mass is 379 g/mol. The van der Waals surface area contributed by atoms with E-state index in [1.165, 1.54) is 36.1 Å². The molecule has 5 heteroatoms. The number of thiophene rings is 1. The maximum atomic E-state index is 13.6. The van der Waals surface area contributed by atoms with Crippen molar-refractivity contribution in [2.24, 2.45) is 0 Å². The van der Waals surface area contributed by atoms with Gasteiger partial charge in [0, 0.05) is 4.88 Å². The lowest BCUT2D eigenvalue weighted by Crippen LogP contribution is -2.30. The second-order valence-corrected chi connectivity index (χ2v) is 8.86. The van der Waals surface area contributed by atoms with E-state index in [9.17, 15) is 4.79 Å². The second kappa shape index (κ2) is 7.21. The van der Waals surface area contributed by atoms with E-state index in [0.717, 1.165) is 54.1 Å². The summed E-state index contributed by atoms with van der Waals surface area (Å²) in [5.41, 5.74) is 2.61. The molecule has 4 nitrogen and oxygen atoms in total. The van der Waals surface area contributed by atoms with Crippen LogP contribution in [0.25, 0.3) is 10.2 Å². The Morgan fingerprint density at radius 2 is 1.74 bits per heavy atom. The topological polar surface area (TPSA) is 38.1 Å². The average molecular weight is 380 g/mol. The first-order chi connectivity index (χ1) is 13.3. The van der Waals surface area contributed by atoms with Gasteiger partial charge < -0.3 is 0 Å². The molecule has 0 spiro atoms. The number of fused-ring (bicyclic) bond motifs is 3. The number of likely N-dealkylation sites (tertiary alicyclic amines) is 1. The van der Waals surface area contributed by atoms with Crippen molar-refractivity contribution in [1.29, 1.82) is 0 Å². The molecule has 0 amide bonds. The van der Waals surface area contributed by atoms with Crippen molar-refractivity contribution in [3.63, 3.8) is 0 Å². The zero-order valence-corrected chi connectivity index (χ0v) is 16.4. The molecule has 1 fully saturated rings. The van der Waals surface area contributed by atoms with Gasteiger partial charge in [-0.25, -0.2) is 4.98 Å². The molecule has 1 saturated heterocycles. The molecule has 1 aromatic carbocycles. The van der Waals surface area contributed by atoms with Gasteiger partial charge in [-0.05, 0) is 62.7 Å². The van der Waals surface area contributed by atoms with E-state index in [4.69, 9.17) is 4.98 Å². The minimum Gasteiger partial charge on any atom is -0.296 e. The van der Waals surface area contributed by atoms with Crippen molar-refractivity contribution >= 4 is 21.6 Å². The Morgan fingerprint density at radius 1 is 0.963 bits per heavy atom. The third-order valence-electron chi connectivity index (χ3n) is 5.90. The Kier molecular flexibility index (Phi) is 4.58. The first kappa shape index (κ1) is 17.1. The summed E-state index contributed by atoms with van der Waals surface area (Å²) in [7, 11) is 0. The number of aromatic nitrogens is 2. The maximum Gasteiger partial charge on any atom is 0.262 e. The largest absolute Gasteiger partial charge is 0.296 e. The molecule has 0 unspecified atom stereocenters. The van der Waals surface area contributed by atoms with Crippen molar-refractivity contribution in [2.75, 3.05) is 13.1 Å². The normalized spacial score (nSPS) is 17.5. The van der Waals surface area contributed by atoms with Gasteiger partial charge in [-0.2, -0.15) is 0 Å². The van der Waals surface area contributed by atoms with Gasteiger partial charge in [0.1, 0.15) is 10.7 Å². The molecule has 0 atom stereocenters. The zero-order valence-electron chi connectivity index (χ0n) is 15.6. The molecule has 27 heavy (non-hydrogen) atoms. The summed E-state index contributed by atoms with van der Waals surface area (Å²) in [6.45, 7) is 3.61. The van der Waals surface area contributed by atoms with Gasteiger partial charge in [-0.15, -0.1) is 11.3 Å². The van der Waals surface area contributed by atoms with E-state index >= 15 is 0 Å². The summed E-state index contributed by atoms with van der Waals surface area (Å²) >= 11 is 1.76. The number of hydrogen-bond acceptors (Lipinski definition) is 4. The first-order valence-corrected chi connectivity index (χ1v) is 10.9. The Balaban J connectivity index is 1.65. The van der Waals surface area contributed by atoms with Crippen LogP contribution in [0.4, 0.5) is 0 Å². The number of rotatable bonds is 4. The minimum atomic E-state index is 0.164. The number of hydrogen-bond donors (Lipinski definition) is 0. The van der Waals surface area contributed by atoms with Crippen LogP contribution in [0.5, 0.6) is 0 Å². The highest BCUT2D eigenvalue weighted by Crippen LogP contribution is 2.34. The van der Waals surface area contributed by atoms with Gasteiger partial charge in [0.15, 0.2) is 0 Å². The van der Waals surface area contributed by atoms with E-state index < -0.39 is 0 Å². The van der Waals surface area contributed by atoms with Crippen molar-refractivity contribution in [3.05, 3.63) is 62.5 Å². The molecule has 3 aromatic rings. The van der Waals surface area contributed by atoms with Crippen molar-refractivity contribution in [2.45, 2.75) is 51.6 Å². The Labute approximate surface area is 163 Å². The molecule has 2 aliphatic rings. The van der Waals surface area contributed by atoms with Crippen LogP contribution in [0.15, 0.2) is 35.1 Å². The average Bonchev–Trinajstić information content (AvgIpc) is 3.33. The molecule has 140 valence electrons. The lowest BCUT2D eigenvalue weighted by Gasteiger charge is -2.18. The Morgan fingerprint density at radius 3 is 2.56 bits per heavy atom. The number of nitrogens with zero attached hydrogens (tertiary/aromatic N) is 3. The number of aryl methyl sites for hydroxylation is 2. The highest BCUT2D eigenvalue weighted by atomic mass is 32.1. The SMILES string of the molecule is O=c1c2c3c(sc2nc(CN2CCCC2)n1Cc1ccccc1)CCCC3. The molecule has 1 aliphatic heterocycles. The van der Waals surface area contributed by atoms with Crippen LogP contribution in [-0.2, 0) is 25.9 Å². The van der Waals surface area contributed by atoms with E-state index in [2.05, 4.69) is 17.0 Å². The van der Waals surface area contributed by atoms with E-state index in [1.807, 2.05) is 22.8 Å². The Bertz CT molecular complexity index is 1020. The summed E-state index contributed by atoms with van der Waals surface area (Å²) in [5.74, 6) is 0.928. The fraction of sp³-hybridized carbons (Fsp3) is 0.455. The fourth-order valence-electron chi connectivity index (χ4n) is 4.47.